The van der Waals surface area contributed by atoms with E-state index in [4.69, 9.17) is 5.73 Å². The van der Waals surface area contributed by atoms with E-state index in [1.165, 1.54) is 12.4 Å². The molecule has 0 atom stereocenters. The molecule has 3 nitrogen and oxygen atoms in total. The molecule has 0 bridgehead atoms. The Morgan fingerprint density at radius 1 is 1.38 bits per heavy atom. The lowest BCUT2D eigenvalue weighted by atomic mass is 10.0. The molecule has 0 amide bonds. The fraction of sp³-hybridized carbons (Fsp3) is 0.182. The van der Waals surface area contributed by atoms with Crippen LogP contribution in [0.1, 0.15) is 12.1 Å². The molecule has 0 saturated heterocycles. The molecule has 0 unspecified atom stereocenters. The van der Waals surface area contributed by atoms with E-state index in [1.807, 2.05) is 13.0 Å². The van der Waals surface area contributed by atoms with Crippen LogP contribution in [0.5, 0.6) is 0 Å². The van der Waals surface area contributed by atoms with Crippen LogP contribution in [0.15, 0.2) is 30.6 Å². The van der Waals surface area contributed by atoms with Crippen LogP contribution in [-0.4, -0.2) is 9.78 Å². The lowest BCUT2D eigenvalue weighted by molar-refractivity contribution is 0.0566. The largest absolute Gasteiger partial charge is 0.399 e. The summed E-state index contributed by atoms with van der Waals surface area (Å²) in [6, 6.07) is 5.38. The summed E-state index contributed by atoms with van der Waals surface area (Å²) in [5, 5.41) is 3.59. The van der Waals surface area contributed by atoms with E-state index in [9.17, 15) is 8.78 Å². The topological polar surface area (TPSA) is 43.8 Å². The minimum atomic E-state index is -2.62. The summed E-state index contributed by atoms with van der Waals surface area (Å²) >= 11 is 0. The van der Waals surface area contributed by atoms with Gasteiger partial charge in [-0.05, 0) is 30.2 Å². The molecule has 0 radical (unpaired) electrons. The van der Waals surface area contributed by atoms with Crippen molar-refractivity contribution in [2.45, 2.75) is 13.5 Å². The molecular weight excluding hydrogens is 212 g/mol. The predicted octanol–water partition coefficient (Wildman–Crippen LogP) is 2.84. The average Bonchev–Trinajstić information content (AvgIpc) is 2.70. The number of rotatable bonds is 2. The van der Waals surface area contributed by atoms with Crippen molar-refractivity contribution < 1.29 is 8.78 Å². The number of benzene rings is 1. The van der Waals surface area contributed by atoms with Crippen molar-refractivity contribution in [3.05, 3.63) is 36.2 Å². The van der Waals surface area contributed by atoms with Gasteiger partial charge < -0.3 is 5.73 Å². The first kappa shape index (κ1) is 10.6. The molecule has 0 aliphatic rings. The van der Waals surface area contributed by atoms with Crippen LogP contribution in [-0.2, 0) is 0 Å². The second-order valence-electron chi connectivity index (χ2n) is 3.56. The summed E-state index contributed by atoms with van der Waals surface area (Å²) in [7, 11) is 0. The maximum atomic E-state index is 12.4. The van der Waals surface area contributed by atoms with Crippen molar-refractivity contribution in [3.63, 3.8) is 0 Å². The Morgan fingerprint density at radius 2 is 2.12 bits per heavy atom. The monoisotopic (exact) mass is 223 g/mol. The zero-order valence-corrected chi connectivity index (χ0v) is 8.69. The van der Waals surface area contributed by atoms with Gasteiger partial charge in [-0.1, -0.05) is 6.07 Å². The highest BCUT2D eigenvalue weighted by Gasteiger charge is 2.10. The Hall–Kier alpha value is -1.91. The zero-order valence-electron chi connectivity index (χ0n) is 8.69. The molecule has 16 heavy (non-hydrogen) atoms. The van der Waals surface area contributed by atoms with E-state index in [2.05, 4.69) is 5.10 Å². The molecule has 5 heteroatoms. The molecule has 0 aliphatic carbocycles. The van der Waals surface area contributed by atoms with Gasteiger partial charge in [-0.2, -0.15) is 13.9 Å². The SMILES string of the molecule is Cc1ccc(N)cc1-c1cnn(C(F)F)c1. The number of nitrogens with zero attached hydrogens (tertiary/aromatic N) is 2. The first-order valence-electron chi connectivity index (χ1n) is 4.77. The molecule has 1 aromatic carbocycles. The first-order chi connectivity index (χ1) is 7.58. The van der Waals surface area contributed by atoms with Crippen molar-refractivity contribution >= 4 is 5.69 Å². The van der Waals surface area contributed by atoms with Gasteiger partial charge in [0, 0.05) is 17.4 Å². The Morgan fingerprint density at radius 3 is 2.75 bits per heavy atom. The zero-order chi connectivity index (χ0) is 11.7. The molecule has 1 heterocycles. The number of anilines is 1. The van der Waals surface area contributed by atoms with Crippen molar-refractivity contribution in [2.24, 2.45) is 0 Å². The summed E-state index contributed by atoms with van der Waals surface area (Å²) in [5.41, 5.74) is 8.70. The highest BCUT2D eigenvalue weighted by Crippen LogP contribution is 2.26. The van der Waals surface area contributed by atoms with Crippen LogP contribution in [0.2, 0.25) is 0 Å². The summed E-state index contributed by atoms with van der Waals surface area (Å²) in [5.74, 6) is 0. The van der Waals surface area contributed by atoms with Gasteiger partial charge in [-0.3, -0.25) is 0 Å². The van der Waals surface area contributed by atoms with Crippen LogP contribution in [0.3, 0.4) is 0 Å². The first-order valence-corrected chi connectivity index (χ1v) is 4.77. The molecule has 0 fully saturated rings. The molecule has 84 valence electrons. The van der Waals surface area contributed by atoms with Crippen LogP contribution < -0.4 is 5.73 Å². The quantitative estimate of drug-likeness (QED) is 0.795. The third-order valence-corrected chi connectivity index (χ3v) is 2.37. The van der Waals surface area contributed by atoms with Gasteiger partial charge in [0.2, 0.25) is 0 Å². The second-order valence-corrected chi connectivity index (χ2v) is 3.56. The molecule has 0 saturated carbocycles. The minimum Gasteiger partial charge on any atom is -0.399 e. The summed E-state index contributed by atoms with van der Waals surface area (Å²) < 4.78 is 25.3. The third-order valence-electron chi connectivity index (χ3n) is 2.37. The van der Waals surface area contributed by atoms with Crippen LogP contribution >= 0.6 is 0 Å². The molecular formula is C11H11F2N3. The molecule has 2 aromatic rings. The van der Waals surface area contributed by atoms with E-state index in [0.717, 1.165) is 11.1 Å². The predicted molar refractivity (Wildman–Crippen MR) is 58.1 cm³/mol. The van der Waals surface area contributed by atoms with E-state index in [1.54, 1.807) is 12.1 Å². The van der Waals surface area contributed by atoms with Crippen molar-refractivity contribution in [1.82, 2.24) is 9.78 Å². The Bertz CT molecular complexity index is 506. The lowest BCUT2D eigenvalue weighted by Gasteiger charge is -2.04. The lowest BCUT2D eigenvalue weighted by Crippen LogP contribution is -1.96. The van der Waals surface area contributed by atoms with Crippen LogP contribution in [0.4, 0.5) is 14.5 Å². The van der Waals surface area contributed by atoms with E-state index < -0.39 is 6.55 Å². The Labute approximate surface area is 91.5 Å². The minimum absolute atomic E-state index is 0.602. The Kier molecular flexibility index (Phi) is 2.60. The number of hydrogen-bond acceptors (Lipinski definition) is 2. The maximum Gasteiger partial charge on any atom is 0.333 e. The number of aromatic nitrogens is 2. The summed E-state index contributed by atoms with van der Waals surface area (Å²) in [4.78, 5) is 0. The fourth-order valence-electron chi connectivity index (χ4n) is 1.53. The van der Waals surface area contributed by atoms with Crippen molar-refractivity contribution in [1.29, 1.82) is 0 Å². The van der Waals surface area contributed by atoms with Gasteiger partial charge in [0.15, 0.2) is 0 Å². The fourth-order valence-corrected chi connectivity index (χ4v) is 1.53. The van der Waals surface area contributed by atoms with E-state index in [-0.39, 0.29) is 0 Å². The van der Waals surface area contributed by atoms with Gasteiger partial charge in [0.25, 0.3) is 0 Å². The van der Waals surface area contributed by atoms with Crippen molar-refractivity contribution in [3.8, 4) is 11.1 Å². The highest BCUT2D eigenvalue weighted by molar-refractivity contribution is 5.69. The standard InChI is InChI=1S/C11H11F2N3/c1-7-2-3-9(14)4-10(7)8-5-15-16(6-8)11(12)13/h2-6,11H,14H2,1H3. The molecule has 2 N–H and O–H groups in total. The normalized spacial score (nSPS) is 11.0. The van der Waals surface area contributed by atoms with Crippen molar-refractivity contribution in [2.75, 3.05) is 5.73 Å². The summed E-state index contributed by atoms with van der Waals surface area (Å²) in [6.07, 6.45) is 2.72. The average molecular weight is 223 g/mol. The maximum absolute atomic E-state index is 12.4. The number of nitrogen functional groups attached to an aromatic ring is 1. The number of alkyl halides is 2. The number of halogens is 2. The molecule has 0 spiro atoms. The van der Waals surface area contributed by atoms with Gasteiger partial charge in [-0.25, -0.2) is 4.68 Å². The number of hydrogen-bond donors (Lipinski definition) is 1. The van der Waals surface area contributed by atoms with Gasteiger partial charge in [0.1, 0.15) is 0 Å². The molecule has 1 aromatic heterocycles. The molecule has 0 aliphatic heterocycles. The second kappa shape index (κ2) is 3.92. The number of aryl methyl sites for hydroxylation is 1. The highest BCUT2D eigenvalue weighted by atomic mass is 19.3. The van der Waals surface area contributed by atoms with Gasteiger partial charge in [-0.15, -0.1) is 0 Å². The van der Waals surface area contributed by atoms with Gasteiger partial charge >= 0.3 is 6.55 Å². The Balaban J connectivity index is 2.46. The van der Waals surface area contributed by atoms with Crippen LogP contribution in [0.25, 0.3) is 11.1 Å². The summed E-state index contributed by atoms with van der Waals surface area (Å²) in [6.45, 7) is -0.718. The molecule has 2 rings (SSSR count). The van der Waals surface area contributed by atoms with Crippen LogP contribution in [0, 0.1) is 6.92 Å². The third kappa shape index (κ3) is 1.88. The van der Waals surface area contributed by atoms with E-state index in [0.29, 0.717) is 15.9 Å². The smallest absolute Gasteiger partial charge is 0.333 e. The van der Waals surface area contributed by atoms with E-state index >= 15 is 0 Å². The van der Waals surface area contributed by atoms with Gasteiger partial charge in [0.05, 0.1) is 6.20 Å². The number of nitrogens with two attached hydrogens (primary N) is 1.